The molecule has 0 saturated carbocycles. The van der Waals surface area contributed by atoms with Gasteiger partial charge in [-0.25, -0.2) is 8.42 Å². The van der Waals surface area contributed by atoms with Crippen molar-refractivity contribution < 1.29 is 13.2 Å². The maximum absolute atomic E-state index is 13.3. The number of carbonyl (C=O) groups is 1. The van der Waals surface area contributed by atoms with Gasteiger partial charge in [-0.1, -0.05) is 98.3 Å². The molecule has 0 aliphatic carbocycles. The normalized spacial score (nSPS) is 13.5. The molecule has 4 rings (SSSR count). The number of anilines is 1. The molecule has 1 heterocycles. The van der Waals surface area contributed by atoms with E-state index in [1.54, 1.807) is 24.3 Å². The van der Waals surface area contributed by atoms with E-state index in [0.29, 0.717) is 21.9 Å². The lowest BCUT2D eigenvalue weighted by Gasteiger charge is -2.23. The zero-order valence-corrected chi connectivity index (χ0v) is 19.9. The highest BCUT2D eigenvalue weighted by molar-refractivity contribution is 7.89. The molecule has 1 amide bonds. The minimum atomic E-state index is -3.96. The Labute approximate surface area is 196 Å². The van der Waals surface area contributed by atoms with E-state index in [9.17, 15) is 13.2 Å². The van der Waals surface area contributed by atoms with E-state index in [0.717, 1.165) is 10.9 Å². The lowest BCUT2D eigenvalue weighted by molar-refractivity contribution is -0.118. The summed E-state index contributed by atoms with van der Waals surface area (Å²) in [5, 5.41) is 13.3. The predicted octanol–water partition coefficient (Wildman–Crippen LogP) is 4.69. The van der Waals surface area contributed by atoms with Crippen molar-refractivity contribution in [2.24, 2.45) is 5.92 Å². The van der Waals surface area contributed by atoms with Gasteiger partial charge in [0.1, 0.15) is 11.0 Å². The first kappa shape index (κ1) is 23.0. The first-order valence-corrected chi connectivity index (χ1v) is 12.9. The standard InChI is InChI=1S/C24H24N4O3S2/c1-3-16(2)21(22(29)25-24-27-26-23(32-24)18-11-5-4-6-12-18)28-33(30,31)20-15-9-13-17-10-7-8-14-19(17)20/h4-16,21,28H,3H2,1-2H3,(H,25,27,29). The number of benzene rings is 3. The zero-order chi connectivity index (χ0) is 23.4. The van der Waals surface area contributed by atoms with E-state index in [4.69, 9.17) is 0 Å². The van der Waals surface area contributed by atoms with E-state index in [1.165, 1.54) is 11.3 Å². The van der Waals surface area contributed by atoms with Gasteiger partial charge in [-0.05, 0) is 17.4 Å². The monoisotopic (exact) mass is 480 g/mol. The summed E-state index contributed by atoms with van der Waals surface area (Å²) in [6.07, 6.45) is 0.613. The third-order valence-corrected chi connectivity index (χ3v) is 7.88. The second-order valence-corrected chi connectivity index (χ2v) is 10.4. The van der Waals surface area contributed by atoms with Crippen molar-refractivity contribution in [3.05, 3.63) is 72.8 Å². The number of nitrogens with one attached hydrogen (secondary N) is 2. The minimum absolute atomic E-state index is 0.143. The molecule has 0 radical (unpaired) electrons. The Morgan fingerprint density at radius 2 is 1.67 bits per heavy atom. The number of hydrogen-bond acceptors (Lipinski definition) is 6. The van der Waals surface area contributed by atoms with Crippen LogP contribution in [0.15, 0.2) is 77.7 Å². The van der Waals surface area contributed by atoms with Crippen LogP contribution >= 0.6 is 11.3 Å². The molecule has 0 fully saturated rings. The molecule has 170 valence electrons. The van der Waals surface area contributed by atoms with Gasteiger partial charge in [-0.15, -0.1) is 10.2 Å². The summed E-state index contributed by atoms with van der Waals surface area (Å²) in [6, 6.07) is 20.9. The van der Waals surface area contributed by atoms with E-state index >= 15 is 0 Å². The lowest BCUT2D eigenvalue weighted by Crippen LogP contribution is -2.47. The highest BCUT2D eigenvalue weighted by atomic mass is 32.2. The molecule has 4 aromatic rings. The van der Waals surface area contributed by atoms with Gasteiger partial charge in [0.15, 0.2) is 0 Å². The van der Waals surface area contributed by atoms with Crippen LogP contribution in [0.25, 0.3) is 21.3 Å². The molecule has 33 heavy (non-hydrogen) atoms. The maximum atomic E-state index is 13.3. The molecule has 7 nitrogen and oxygen atoms in total. The summed E-state index contributed by atoms with van der Waals surface area (Å²) >= 11 is 1.24. The van der Waals surface area contributed by atoms with Gasteiger partial charge >= 0.3 is 0 Å². The maximum Gasteiger partial charge on any atom is 0.244 e. The third kappa shape index (κ3) is 5.11. The highest BCUT2D eigenvalue weighted by Gasteiger charge is 2.31. The number of rotatable bonds is 8. The largest absolute Gasteiger partial charge is 0.299 e. The number of aromatic nitrogens is 2. The van der Waals surface area contributed by atoms with Gasteiger partial charge < -0.3 is 0 Å². The van der Waals surface area contributed by atoms with Gasteiger partial charge in [-0.2, -0.15) is 4.72 Å². The van der Waals surface area contributed by atoms with Crippen molar-refractivity contribution in [1.82, 2.24) is 14.9 Å². The average Bonchev–Trinajstić information content (AvgIpc) is 3.30. The number of carbonyl (C=O) groups excluding carboxylic acids is 1. The molecule has 3 aromatic carbocycles. The molecule has 0 aliphatic heterocycles. The van der Waals surface area contributed by atoms with Crippen LogP contribution < -0.4 is 10.0 Å². The van der Waals surface area contributed by atoms with Crippen LogP contribution in [0.4, 0.5) is 5.13 Å². The Kier molecular flexibility index (Phi) is 6.83. The lowest BCUT2D eigenvalue weighted by atomic mass is 9.99. The second kappa shape index (κ2) is 9.78. The molecule has 9 heteroatoms. The molecule has 2 atom stereocenters. The van der Waals surface area contributed by atoms with E-state index in [1.807, 2.05) is 62.4 Å². The Bertz CT molecular complexity index is 1370. The van der Waals surface area contributed by atoms with Crippen LogP contribution in [0.3, 0.4) is 0 Å². The van der Waals surface area contributed by atoms with Crippen LogP contribution in [-0.4, -0.2) is 30.6 Å². The van der Waals surface area contributed by atoms with Crippen LogP contribution in [0.2, 0.25) is 0 Å². The fourth-order valence-corrected chi connectivity index (χ4v) is 5.76. The van der Waals surface area contributed by atoms with Crippen LogP contribution in [0.1, 0.15) is 20.3 Å². The molecule has 2 unspecified atom stereocenters. The van der Waals surface area contributed by atoms with Crippen LogP contribution in [0.5, 0.6) is 0 Å². The smallest absolute Gasteiger partial charge is 0.244 e. The van der Waals surface area contributed by atoms with Gasteiger partial charge in [0.2, 0.25) is 21.1 Å². The van der Waals surface area contributed by atoms with E-state index in [-0.39, 0.29) is 10.8 Å². The summed E-state index contributed by atoms with van der Waals surface area (Å²) in [5.41, 5.74) is 0.894. The molecule has 0 bridgehead atoms. The summed E-state index contributed by atoms with van der Waals surface area (Å²) in [6.45, 7) is 3.75. The van der Waals surface area contributed by atoms with Gasteiger partial charge in [-0.3, -0.25) is 10.1 Å². The van der Waals surface area contributed by atoms with Crippen molar-refractivity contribution in [1.29, 1.82) is 0 Å². The topological polar surface area (TPSA) is 101 Å². The SMILES string of the molecule is CCC(C)C(NS(=O)(=O)c1cccc2ccccc12)C(=O)Nc1nnc(-c2ccccc2)s1. The molecule has 0 aliphatic rings. The summed E-state index contributed by atoms with van der Waals surface area (Å²) in [5.74, 6) is -0.708. The molecule has 0 spiro atoms. The van der Waals surface area contributed by atoms with Crippen molar-refractivity contribution in [3.63, 3.8) is 0 Å². The number of hydrogen-bond donors (Lipinski definition) is 2. The Morgan fingerprint density at radius 3 is 2.42 bits per heavy atom. The third-order valence-electron chi connectivity index (χ3n) is 5.49. The summed E-state index contributed by atoms with van der Waals surface area (Å²) in [7, 11) is -3.96. The fraction of sp³-hybridized carbons (Fsp3) is 0.208. The van der Waals surface area contributed by atoms with Crippen molar-refractivity contribution in [2.45, 2.75) is 31.2 Å². The molecular weight excluding hydrogens is 456 g/mol. The summed E-state index contributed by atoms with van der Waals surface area (Å²) in [4.78, 5) is 13.3. The Balaban J connectivity index is 1.58. The number of fused-ring (bicyclic) bond motifs is 1. The van der Waals surface area contributed by atoms with Crippen molar-refractivity contribution in [3.8, 4) is 10.6 Å². The molecule has 1 aromatic heterocycles. The van der Waals surface area contributed by atoms with Gasteiger partial charge in [0.25, 0.3) is 0 Å². The van der Waals surface area contributed by atoms with Gasteiger partial charge in [0, 0.05) is 10.9 Å². The first-order chi connectivity index (χ1) is 15.9. The average molecular weight is 481 g/mol. The Morgan fingerprint density at radius 1 is 0.970 bits per heavy atom. The summed E-state index contributed by atoms with van der Waals surface area (Å²) < 4.78 is 29.2. The minimum Gasteiger partial charge on any atom is -0.299 e. The fourth-order valence-electron chi connectivity index (χ4n) is 3.48. The van der Waals surface area contributed by atoms with Crippen LogP contribution in [-0.2, 0) is 14.8 Å². The zero-order valence-electron chi connectivity index (χ0n) is 18.2. The van der Waals surface area contributed by atoms with Crippen molar-refractivity contribution in [2.75, 3.05) is 5.32 Å². The predicted molar refractivity (Wildman–Crippen MR) is 131 cm³/mol. The van der Waals surface area contributed by atoms with E-state index < -0.39 is 22.0 Å². The van der Waals surface area contributed by atoms with Crippen molar-refractivity contribution >= 4 is 43.2 Å². The quantitative estimate of drug-likeness (QED) is 0.381. The van der Waals surface area contributed by atoms with E-state index in [2.05, 4.69) is 20.2 Å². The number of nitrogens with zero attached hydrogens (tertiary/aromatic N) is 2. The Hall–Kier alpha value is -3.14. The second-order valence-electron chi connectivity index (χ2n) is 7.73. The molecule has 2 N–H and O–H groups in total. The molecule has 0 saturated heterocycles. The first-order valence-electron chi connectivity index (χ1n) is 10.6. The highest BCUT2D eigenvalue weighted by Crippen LogP contribution is 2.27. The number of amides is 1. The molecular formula is C24H24N4O3S2. The number of sulfonamides is 1. The van der Waals surface area contributed by atoms with Gasteiger partial charge in [0.05, 0.1) is 4.90 Å². The van der Waals surface area contributed by atoms with Crippen LogP contribution in [0, 0.1) is 5.92 Å².